The van der Waals surface area contributed by atoms with E-state index >= 15 is 0 Å². The molecule has 0 fully saturated rings. The van der Waals surface area contributed by atoms with Crippen molar-refractivity contribution >= 4 is 21.8 Å². The Hall–Kier alpha value is -2.35. The number of carboxylic acids is 1. The zero-order valence-electron chi connectivity index (χ0n) is 9.94. The second-order valence-electron chi connectivity index (χ2n) is 3.81. The molecule has 1 aromatic heterocycles. The first-order valence-corrected chi connectivity index (χ1v) is 6.72. The molecule has 0 aliphatic rings. The minimum atomic E-state index is -3.76. The van der Waals surface area contributed by atoms with Crippen LogP contribution in [0.1, 0.15) is 10.4 Å². The summed E-state index contributed by atoms with van der Waals surface area (Å²) in [6.45, 7) is 0. The number of hydrogen-bond acceptors (Lipinski definition) is 4. The second kappa shape index (κ2) is 4.73. The first-order valence-electron chi connectivity index (χ1n) is 5.24. The molecule has 0 atom stereocenters. The minimum absolute atomic E-state index is 0.0248. The maximum absolute atomic E-state index is 12.0. The van der Waals surface area contributed by atoms with Crippen molar-refractivity contribution in [1.29, 1.82) is 0 Å². The highest BCUT2D eigenvalue weighted by Crippen LogP contribution is 2.15. The van der Waals surface area contributed by atoms with Crippen molar-refractivity contribution in [2.24, 2.45) is 7.05 Å². The summed E-state index contributed by atoms with van der Waals surface area (Å²) in [5.41, 5.74) is 0.0248. The van der Waals surface area contributed by atoms with Crippen molar-refractivity contribution in [3.8, 4) is 0 Å². The van der Waals surface area contributed by atoms with Gasteiger partial charge in [-0.3, -0.25) is 9.40 Å². The number of sulfonamides is 1. The monoisotopic (exact) mass is 281 g/mol. The molecule has 2 N–H and O–H groups in total. The molecule has 2 rings (SSSR count). The van der Waals surface area contributed by atoms with Crippen LogP contribution in [-0.4, -0.2) is 29.3 Å². The largest absolute Gasteiger partial charge is 0.478 e. The van der Waals surface area contributed by atoms with Gasteiger partial charge in [0.15, 0.2) is 5.82 Å². The molecule has 0 spiro atoms. The number of aromatic nitrogens is 2. The van der Waals surface area contributed by atoms with E-state index in [9.17, 15) is 13.2 Å². The predicted molar refractivity (Wildman–Crippen MR) is 67.4 cm³/mol. The molecule has 1 heterocycles. The van der Waals surface area contributed by atoms with Gasteiger partial charge in [0.05, 0.1) is 10.5 Å². The molecule has 8 heteroatoms. The number of carbonyl (C=O) groups is 1. The Kier molecular flexibility index (Phi) is 3.26. The van der Waals surface area contributed by atoms with Crippen LogP contribution < -0.4 is 4.72 Å². The van der Waals surface area contributed by atoms with E-state index in [1.165, 1.54) is 35.0 Å². The molecule has 0 radical (unpaired) electrons. The van der Waals surface area contributed by atoms with Crippen molar-refractivity contribution in [3.05, 3.63) is 42.1 Å². The number of nitrogens with zero attached hydrogens (tertiary/aromatic N) is 2. The van der Waals surface area contributed by atoms with E-state index in [1.54, 1.807) is 13.2 Å². The third kappa shape index (κ3) is 2.91. The average molecular weight is 281 g/mol. The van der Waals surface area contributed by atoms with Gasteiger partial charge < -0.3 is 5.11 Å². The molecule has 0 aliphatic carbocycles. The number of aryl methyl sites for hydroxylation is 1. The van der Waals surface area contributed by atoms with Crippen LogP contribution in [0.25, 0.3) is 0 Å². The molecular weight excluding hydrogens is 270 g/mol. The highest BCUT2D eigenvalue weighted by Gasteiger charge is 2.16. The molecule has 0 saturated carbocycles. The lowest BCUT2D eigenvalue weighted by molar-refractivity contribution is 0.0697. The van der Waals surface area contributed by atoms with E-state index in [1.807, 2.05) is 0 Å². The molecule has 0 aliphatic heterocycles. The molecule has 19 heavy (non-hydrogen) atoms. The highest BCUT2D eigenvalue weighted by molar-refractivity contribution is 7.92. The Labute approximate surface area is 109 Å². The van der Waals surface area contributed by atoms with Crippen LogP contribution in [0.4, 0.5) is 5.82 Å². The van der Waals surface area contributed by atoms with E-state index in [-0.39, 0.29) is 16.3 Å². The van der Waals surface area contributed by atoms with E-state index < -0.39 is 16.0 Å². The first kappa shape index (κ1) is 13.1. The van der Waals surface area contributed by atoms with Crippen LogP contribution in [0.3, 0.4) is 0 Å². The SMILES string of the molecule is Cn1ccc(NS(=O)(=O)c2ccc(C(=O)O)cc2)n1. The average Bonchev–Trinajstić information content (AvgIpc) is 2.74. The van der Waals surface area contributed by atoms with Crippen molar-refractivity contribution in [3.63, 3.8) is 0 Å². The Morgan fingerprint density at radius 2 is 1.89 bits per heavy atom. The normalized spacial score (nSPS) is 11.2. The van der Waals surface area contributed by atoms with Crippen molar-refractivity contribution in [2.75, 3.05) is 4.72 Å². The van der Waals surface area contributed by atoms with Crippen LogP contribution >= 0.6 is 0 Å². The van der Waals surface area contributed by atoms with Gasteiger partial charge in [0, 0.05) is 19.3 Å². The number of benzene rings is 1. The molecule has 0 unspecified atom stereocenters. The van der Waals surface area contributed by atoms with Crippen LogP contribution in [-0.2, 0) is 17.1 Å². The fraction of sp³-hybridized carbons (Fsp3) is 0.0909. The van der Waals surface area contributed by atoms with Crippen LogP contribution in [0.5, 0.6) is 0 Å². The Morgan fingerprint density at radius 1 is 1.26 bits per heavy atom. The Morgan fingerprint density at radius 3 is 2.37 bits per heavy atom. The lowest BCUT2D eigenvalue weighted by Gasteiger charge is -2.05. The van der Waals surface area contributed by atoms with Crippen molar-refractivity contribution in [2.45, 2.75) is 4.90 Å². The maximum Gasteiger partial charge on any atom is 0.335 e. The lowest BCUT2D eigenvalue weighted by atomic mass is 10.2. The molecule has 1 aromatic carbocycles. The van der Waals surface area contributed by atoms with E-state index in [4.69, 9.17) is 5.11 Å². The molecule has 0 bridgehead atoms. The van der Waals surface area contributed by atoms with Gasteiger partial charge in [0.1, 0.15) is 0 Å². The zero-order valence-corrected chi connectivity index (χ0v) is 10.8. The van der Waals surface area contributed by atoms with Gasteiger partial charge in [-0.05, 0) is 24.3 Å². The summed E-state index contributed by atoms with van der Waals surface area (Å²) in [6.07, 6.45) is 1.60. The summed E-state index contributed by atoms with van der Waals surface area (Å²) in [4.78, 5) is 10.7. The highest BCUT2D eigenvalue weighted by atomic mass is 32.2. The fourth-order valence-corrected chi connectivity index (χ4v) is 2.44. The quantitative estimate of drug-likeness (QED) is 0.867. The van der Waals surface area contributed by atoms with Gasteiger partial charge in [0.25, 0.3) is 10.0 Å². The summed E-state index contributed by atoms with van der Waals surface area (Å²) in [6, 6.07) is 6.44. The van der Waals surface area contributed by atoms with E-state index in [2.05, 4.69) is 9.82 Å². The Bertz CT molecular complexity index is 704. The molecule has 0 saturated heterocycles. The third-order valence-corrected chi connectivity index (χ3v) is 3.73. The summed E-state index contributed by atoms with van der Waals surface area (Å²) in [5, 5.41) is 12.6. The second-order valence-corrected chi connectivity index (χ2v) is 5.49. The van der Waals surface area contributed by atoms with Gasteiger partial charge in [-0.1, -0.05) is 0 Å². The topological polar surface area (TPSA) is 101 Å². The molecule has 0 amide bonds. The van der Waals surface area contributed by atoms with Crippen molar-refractivity contribution in [1.82, 2.24) is 9.78 Å². The van der Waals surface area contributed by atoms with Gasteiger partial charge in [-0.25, -0.2) is 13.2 Å². The Balaban J connectivity index is 2.26. The number of hydrogen-bond donors (Lipinski definition) is 2. The number of anilines is 1. The van der Waals surface area contributed by atoms with Gasteiger partial charge in [-0.15, -0.1) is 0 Å². The van der Waals surface area contributed by atoms with Gasteiger partial charge >= 0.3 is 5.97 Å². The molecular formula is C11H11N3O4S. The summed E-state index contributed by atoms with van der Waals surface area (Å²) in [5.74, 6) is -0.911. The summed E-state index contributed by atoms with van der Waals surface area (Å²) < 4.78 is 27.7. The van der Waals surface area contributed by atoms with Crippen LogP contribution in [0.2, 0.25) is 0 Å². The van der Waals surface area contributed by atoms with E-state index in [0.29, 0.717) is 0 Å². The van der Waals surface area contributed by atoms with E-state index in [0.717, 1.165) is 0 Å². The van der Waals surface area contributed by atoms with Gasteiger partial charge in [0.2, 0.25) is 0 Å². The first-order chi connectivity index (χ1) is 8.88. The number of carboxylic acid groups (broad SMARTS) is 1. The maximum atomic E-state index is 12.0. The van der Waals surface area contributed by atoms with Crippen LogP contribution in [0, 0.1) is 0 Å². The van der Waals surface area contributed by atoms with Gasteiger partial charge in [-0.2, -0.15) is 5.10 Å². The minimum Gasteiger partial charge on any atom is -0.478 e. The zero-order chi connectivity index (χ0) is 14.0. The number of nitrogens with one attached hydrogen (secondary N) is 1. The number of aromatic carboxylic acids is 1. The molecule has 100 valence electrons. The summed E-state index contributed by atoms with van der Waals surface area (Å²) >= 11 is 0. The predicted octanol–water partition coefficient (Wildman–Crippen LogP) is 0.919. The molecule has 7 nitrogen and oxygen atoms in total. The summed E-state index contributed by atoms with van der Waals surface area (Å²) in [7, 11) is -2.10. The fourth-order valence-electron chi connectivity index (χ4n) is 1.44. The standard InChI is InChI=1S/C11H11N3O4S/c1-14-7-6-10(12-14)13-19(17,18)9-4-2-8(3-5-9)11(15)16/h2-7H,1H3,(H,12,13)(H,15,16). The number of rotatable bonds is 4. The third-order valence-electron chi connectivity index (χ3n) is 2.36. The van der Waals surface area contributed by atoms with Crippen LogP contribution in [0.15, 0.2) is 41.4 Å². The molecule has 2 aromatic rings. The van der Waals surface area contributed by atoms with Crippen molar-refractivity contribution < 1.29 is 18.3 Å². The lowest BCUT2D eigenvalue weighted by Crippen LogP contribution is -2.13. The smallest absolute Gasteiger partial charge is 0.335 e.